The van der Waals surface area contributed by atoms with E-state index < -0.39 is 0 Å². The number of hydrogen-bond acceptors (Lipinski definition) is 2. The average molecular weight is 255 g/mol. The Morgan fingerprint density at radius 3 is 3.14 bits per heavy atom. The van der Waals surface area contributed by atoms with Gasteiger partial charge in [0, 0.05) is 24.1 Å². The number of hydrogen-bond donors (Lipinski definition) is 0. The molecule has 3 heteroatoms. The summed E-state index contributed by atoms with van der Waals surface area (Å²) in [5, 5.41) is 0. The molecule has 1 aromatic rings. The van der Waals surface area contributed by atoms with Gasteiger partial charge >= 0.3 is 0 Å². The summed E-state index contributed by atoms with van der Waals surface area (Å²) in [7, 11) is 0. The third-order valence-electron chi connectivity index (χ3n) is 2.56. The van der Waals surface area contributed by atoms with E-state index in [9.17, 15) is 0 Å². The maximum absolute atomic E-state index is 4.34. The number of nitrogens with zero attached hydrogens (tertiary/aromatic N) is 2. The first-order chi connectivity index (χ1) is 6.84. The van der Waals surface area contributed by atoms with Crippen molar-refractivity contribution in [2.75, 3.05) is 13.1 Å². The number of rotatable bonds is 2. The predicted octanol–water partition coefficient (Wildman–Crippen LogP) is 2.44. The summed E-state index contributed by atoms with van der Waals surface area (Å²) in [6.07, 6.45) is 4.46. The summed E-state index contributed by atoms with van der Waals surface area (Å²) < 4.78 is 0. The number of aromatic nitrogens is 1. The fraction of sp³-hybridized carbons (Fsp3) is 0.545. The predicted molar refractivity (Wildman–Crippen MR) is 61.5 cm³/mol. The largest absolute Gasteiger partial charge is 0.296 e. The second-order valence-electron chi connectivity index (χ2n) is 3.80. The molecule has 14 heavy (non-hydrogen) atoms. The van der Waals surface area contributed by atoms with Crippen LogP contribution >= 0.6 is 15.9 Å². The first-order valence-electron chi connectivity index (χ1n) is 5.11. The highest BCUT2D eigenvalue weighted by atomic mass is 79.9. The SMILES string of the molecule is BrC1CCCN(Cc2ccccn2)C1. The number of piperidine rings is 1. The molecule has 1 fully saturated rings. The monoisotopic (exact) mass is 254 g/mol. The molecular weight excluding hydrogens is 240 g/mol. The van der Waals surface area contributed by atoms with Gasteiger partial charge in [-0.15, -0.1) is 0 Å². The summed E-state index contributed by atoms with van der Waals surface area (Å²) in [4.78, 5) is 7.47. The highest BCUT2D eigenvalue weighted by Gasteiger charge is 2.17. The summed E-state index contributed by atoms with van der Waals surface area (Å²) in [5.41, 5.74) is 1.18. The van der Waals surface area contributed by atoms with E-state index >= 15 is 0 Å². The summed E-state index contributed by atoms with van der Waals surface area (Å²) in [6, 6.07) is 6.11. The van der Waals surface area contributed by atoms with E-state index in [1.165, 1.54) is 25.1 Å². The topological polar surface area (TPSA) is 16.1 Å². The minimum absolute atomic E-state index is 0.667. The zero-order chi connectivity index (χ0) is 9.80. The lowest BCUT2D eigenvalue weighted by Crippen LogP contribution is -2.35. The van der Waals surface area contributed by atoms with E-state index in [0.29, 0.717) is 4.83 Å². The second-order valence-corrected chi connectivity index (χ2v) is 5.09. The Morgan fingerprint density at radius 2 is 2.43 bits per heavy atom. The Morgan fingerprint density at radius 1 is 1.50 bits per heavy atom. The van der Waals surface area contributed by atoms with Crippen LogP contribution in [0.25, 0.3) is 0 Å². The fourth-order valence-corrected chi connectivity index (χ4v) is 2.60. The third-order valence-corrected chi connectivity index (χ3v) is 3.31. The quantitative estimate of drug-likeness (QED) is 0.754. The molecule has 0 bridgehead atoms. The molecule has 0 amide bonds. The molecule has 1 aliphatic heterocycles. The first kappa shape index (κ1) is 10.1. The Hall–Kier alpha value is -0.410. The molecule has 0 aromatic carbocycles. The Kier molecular flexibility index (Phi) is 3.54. The van der Waals surface area contributed by atoms with Gasteiger partial charge < -0.3 is 0 Å². The highest BCUT2D eigenvalue weighted by Crippen LogP contribution is 2.17. The van der Waals surface area contributed by atoms with E-state index in [1.54, 1.807) is 0 Å². The van der Waals surface area contributed by atoms with Gasteiger partial charge in [0.2, 0.25) is 0 Å². The maximum Gasteiger partial charge on any atom is 0.0543 e. The van der Waals surface area contributed by atoms with Gasteiger partial charge in [0.05, 0.1) is 5.69 Å². The zero-order valence-corrected chi connectivity index (χ0v) is 9.78. The summed E-state index contributed by atoms with van der Waals surface area (Å²) in [6.45, 7) is 3.35. The lowest BCUT2D eigenvalue weighted by Gasteiger charge is -2.29. The van der Waals surface area contributed by atoms with Crippen molar-refractivity contribution in [1.29, 1.82) is 0 Å². The molecule has 2 heterocycles. The fourth-order valence-electron chi connectivity index (χ4n) is 1.86. The highest BCUT2D eigenvalue weighted by molar-refractivity contribution is 9.09. The number of pyridine rings is 1. The van der Waals surface area contributed by atoms with Crippen LogP contribution in [0, 0.1) is 0 Å². The normalized spacial score (nSPS) is 23.6. The standard InChI is InChI=1S/C11H15BrN2/c12-10-4-3-7-14(8-10)9-11-5-1-2-6-13-11/h1-2,5-6,10H,3-4,7-9H2. The van der Waals surface area contributed by atoms with E-state index in [1.807, 2.05) is 12.3 Å². The smallest absolute Gasteiger partial charge is 0.0543 e. The molecule has 1 unspecified atom stereocenters. The Labute approximate surface area is 93.5 Å². The van der Waals surface area contributed by atoms with Crippen LogP contribution in [-0.2, 0) is 6.54 Å². The number of alkyl halides is 1. The van der Waals surface area contributed by atoms with Crippen LogP contribution in [0.2, 0.25) is 0 Å². The average Bonchev–Trinajstić information content (AvgIpc) is 2.19. The van der Waals surface area contributed by atoms with Gasteiger partial charge in [-0.25, -0.2) is 0 Å². The molecule has 0 spiro atoms. The van der Waals surface area contributed by atoms with Crippen molar-refractivity contribution in [2.45, 2.75) is 24.2 Å². The van der Waals surface area contributed by atoms with Gasteiger partial charge in [0.15, 0.2) is 0 Å². The molecular formula is C11H15BrN2. The van der Waals surface area contributed by atoms with E-state index in [0.717, 1.165) is 13.1 Å². The van der Waals surface area contributed by atoms with Gasteiger partial charge in [0.25, 0.3) is 0 Å². The number of likely N-dealkylation sites (tertiary alicyclic amines) is 1. The van der Waals surface area contributed by atoms with Crippen molar-refractivity contribution >= 4 is 15.9 Å². The van der Waals surface area contributed by atoms with Crippen LogP contribution in [0.3, 0.4) is 0 Å². The molecule has 2 nitrogen and oxygen atoms in total. The Bertz CT molecular complexity index is 276. The van der Waals surface area contributed by atoms with Crippen molar-refractivity contribution in [1.82, 2.24) is 9.88 Å². The molecule has 1 aromatic heterocycles. The van der Waals surface area contributed by atoms with Crippen molar-refractivity contribution < 1.29 is 0 Å². The van der Waals surface area contributed by atoms with Crippen molar-refractivity contribution in [3.8, 4) is 0 Å². The van der Waals surface area contributed by atoms with Crippen LogP contribution in [0.1, 0.15) is 18.5 Å². The minimum atomic E-state index is 0.667. The molecule has 1 atom stereocenters. The van der Waals surface area contributed by atoms with Crippen LogP contribution in [0.4, 0.5) is 0 Å². The Balaban J connectivity index is 1.91. The van der Waals surface area contributed by atoms with Gasteiger partial charge in [-0.05, 0) is 31.5 Å². The van der Waals surface area contributed by atoms with Crippen molar-refractivity contribution in [2.24, 2.45) is 0 Å². The first-order valence-corrected chi connectivity index (χ1v) is 6.02. The van der Waals surface area contributed by atoms with Crippen molar-refractivity contribution in [3.05, 3.63) is 30.1 Å². The van der Waals surface area contributed by atoms with Crippen LogP contribution in [0.5, 0.6) is 0 Å². The zero-order valence-electron chi connectivity index (χ0n) is 8.19. The van der Waals surface area contributed by atoms with Gasteiger partial charge in [0.1, 0.15) is 0 Å². The molecule has 2 rings (SSSR count). The molecule has 1 saturated heterocycles. The lowest BCUT2D eigenvalue weighted by atomic mass is 10.1. The molecule has 0 aliphatic carbocycles. The minimum Gasteiger partial charge on any atom is -0.296 e. The summed E-state index contributed by atoms with van der Waals surface area (Å²) in [5.74, 6) is 0. The number of halogens is 1. The molecule has 76 valence electrons. The van der Waals surface area contributed by atoms with E-state index in [2.05, 4.69) is 37.9 Å². The van der Waals surface area contributed by atoms with Crippen molar-refractivity contribution in [3.63, 3.8) is 0 Å². The maximum atomic E-state index is 4.34. The van der Waals surface area contributed by atoms with Crippen LogP contribution in [0.15, 0.2) is 24.4 Å². The molecule has 0 radical (unpaired) electrons. The lowest BCUT2D eigenvalue weighted by molar-refractivity contribution is 0.225. The molecule has 1 aliphatic rings. The van der Waals surface area contributed by atoms with Gasteiger partial charge in [-0.1, -0.05) is 22.0 Å². The summed E-state index contributed by atoms with van der Waals surface area (Å²) >= 11 is 3.68. The van der Waals surface area contributed by atoms with Crippen LogP contribution in [-0.4, -0.2) is 27.8 Å². The van der Waals surface area contributed by atoms with Gasteiger partial charge in [-0.2, -0.15) is 0 Å². The van der Waals surface area contributed by atoms with Gasteiger partial charge in [-0.3, -0.25) is 9.88 Å². The molecule has 0 N–H and O–H groups in total. The molecule has 0 saturated carbocycles. The van der Waals surface area contributed by atoms with E-state index in [-0.39, 0.29) is 0 Å². The second kappa shape index (κ2) is 4.89. The van der Waals surface area contributed by atoms with E-state index in [4.69, 9.17) is 0 Å². The third kappa shape index (κ3) is 2.79. The van der Waals surface area contributed by atoms with Crippen LogP contribution < -0.4 is 0 Å².